The van der Waals surface area contributed by atoms with E-state index in [2.05, 4.69) is 0 Å². The number of carboxylic acid groups (broad SMARTS) is 1. The maximum atomic E-state index is 13.2. The van der Waals surface area contributed by atoms with Crippen molar-refractivity contribution in [3.05, 3.63) is 35.1 Å². The smallest absolute Gasteiger partial charge is 0.419 e. The zero-order chi connectivity index (χ0) is 16.4. The molecule has 0 aliphatic carbocycles. The number of alkyl halides is 3. The van der Waals surface area contributed by atoms with Gasteiger partial charge in [-0.1, -0.05) is 6.07 Å². The molecule has 4 nitrogen and oxygen atoms in total. The molecule has 0 fully saturated rings. The Morgan fingerprint density at radius 2 is 1.86 bits per heavy atom. The molecular formula is C13H14F4O4. The summed E-state index contributed by atoms with van der Waals surface area (Å²) in [5.41, 5.74) is -1.93. The van der Waals surface area contributed by atoms with E-state index in [4.69, 9.17) is 9.84 Å². The number of benzene rings is 1. The highest BCUT2D eigenvalue weighted by Crippen LogP contribution is 2.34. The number of hydrogen-bond acceptors (Lipinski definition) is 3. The zero-order valence-electron chi connectivity index (χ0n) is 11.2. The summed E-state index contributed by atoms with van der Waals surface area (Å²) in [4.78, 5) is 11.1. The van der Waals surface area contributed by atoms with Crippen molar-refractivity contribution in [3.63, 3.8) is 0 Å². The van der Waals surface area contributed by atoms with Crippen molar-refractivity contribution in [1.29, 1.82) is 0 Å². The monoisotopic (exact) mass is 310 g/mol. The Morgan fingerprint density at radius 1 is 1.29 bits per heavy atom. The van der Waals surface area contributed by atoms with Crippen LogP contribution in [0.3, 0.4) is 0 Å². The number of hydrogen-bond donors (Lipinski definition) is 2. The molecule has 0 spiro atoms. The van der Waals surface area contributed by atoms with E-state index in [1.807, 2.05) is 0 Å². The average Bonchev–Trinajstić information content (AvgIpc) is 2.34. The lowest BCUT2D eigenvalue weighted by atomic mass is 10.0. The van der Waals surface area contributed by atoms with Gasteiger partial charge in [0.25, 0.3) is 0 Å². The zero-order valence-corrected chi connectivity index (χ0v) is 11.2. The lowest BCUT2D eigenvalue weighted by molar-refractivity contribution is -0.158. The van der Waals surface area contributed by atoms with Crippen LogP contribution in [0.4, 0.5) is 17.6 Å². The summed E-state index contributed by atoms with van der Waals surface area (Å²) >= 11 is 0. The lowest BCUT2D eigenvalue weighted by Gasteiger charge is -2.22. The molecule has 2 N–H and O–H groups in total. The molecule has 3 unspecified atom stereocenters. The molecule has 0 heterocycles. The minimum atomic E-state index is -4.95. The minimum absolute atomic E-state index is 0.358. The van der Waals surface area contributed by atoms with Gasteiger partial charge in [-0.15, -0.1) is 0 Å². The normalized spacial score (nSPS) is 16.3. The highest BCUT2D eigenvalue weighted by Gasteiger charge is 2.36. The van der Waals surface area contributed by atoms with Crippen molar-refractivity contribution in [2.75, 3.05) is 0 Å². The summed E-state index contributed by atoms with van der Waals surface area (Å²) < 4.78 is 56.0. The van der Waals surface area contributed by atoms with Crippen molar-refractivity contribution >= 4 is 5.97 Å². The molecule has 0 aromatic heterocycles. The Labute approximate surface area is 118 Å². The van der Waals surface area contributed by atoms with Crippen molar-refractivity contribution in [1.82, 2.24) is 0 Å². The number of aliphatic carboxylic acids is 1. The third-order valence-electron chi connectivity index (χ3n) is 2.85. The summed E-state index contributed by atoms with van der Waals surface area (Å²) in [5, 5.41) is 18.3. The fourth-order valence-corrected chi connectivity index (χ4v) is 1.53. The molecule has 0 aliphatic heterocycles. The van der Waals surface area contributed by atoms with E-state index in [9.17, 15) is 27.5 Å². The van der Waals surface area contributed by atoms with Crippen LogP contribution in [-0.4, -0.2) is 28.4 Å². The highest BCUT2D eigenvalue weighted by molar-refractivity contribution is 5.74. The van der Waals surface area contributed by atoms with Crippen LogP contribution in [0.1, 0.15) is 31.1 Å². The molecular weight excluding hydrogens is 296 g/mol. The van der Waals surface area contributed by atoms with E-state index in [0.29, 0.717) is 12.1 Å². The number of aliphatic hydroxyl groups is 1. The topological polar surface area (TPSA) is 66.8 Å². The van der Waals surface area contributed by atoms with Crippen molar-refractivity contribution in [3.8, 4) is 0 Å². The first-order valence-electron chi connectivity index (χ1n) is 5.97. The molecule has 1 aromatic carbocycles. The summed E-state index contributed by atoms with van der Waals surface area (Å²) in [6.07, 6.45) is -8.63. The van der Waals surface area contributed by atoms with Crippen LogP contribution >= 0.6 is 0 Å². The largest absolute Gasteiger partial charge is 0.479 e. The van der Waals surface area contributed by atoms with Crippen LogP contribution < -0.4 is 0 Å². The minimum Gasteiger partial charge on any atom is -0.479 e. The molecule has 0 aliphatic rings. The molecule has 8 heteroatoms. The van der Waals surface area contributed by atoms with E-state index >= 15 is 0 Å². The Bertz CT molecular complexity index is 513. The first-order chi connectivity index (χ1) is 9.54. The van der Waals surface area contributed by atoms with Gasteiger partial charge in [-0.05, 0) is 31.5 Å². The summed E-state index contributed by atoms with van der Waals surface area (Å²) in [7, 11) is 0. The highest BCUT2D eigenvalue weighted by atomic mass is 19.4. The molecule has 1 aromatic rings. The van der Waals surface area contributed by atoms with E-state index in [-0.39, 0.29) is 5.56 Å². The van der Waals surface area contributed by atoms with Gasteiger partial charge >= 0.3 is 12.1 Å². The van der Waals surface area contributed by atoms with Gasteiger partial charge in [-0.3, -0.25) is 0 Å². The maximum absolute atomic E-state index is 13.2. The van der Waals surface area contributed by atoms with Crippen LogP contribution in [0.5, 0.6) is 0 Å². The third-order valence-corrected chi connectivity index (χ3v) is 2.85. The molecule has 0 bridgehead atoms. The Morgan fingerprint density at radius 3 is 2.29 bits per heavy atom. The molecule has 0 saturated heterocycles. The summed E-state index contributed by atoms with van der Waals surface area (Å²) in [6, 6.07) is 1.82. The van der Waals surface area contributed by atoms with Gasteiger partial charge in [0.05, 0.1) is 17.8 Å². The number of carbonyl (C=O) groups is 1. The van der Waals surface area contributed by atoms with Crippen LogP contribution in [0.2, 0.25) is 0 Å². The number of aliphatic hydroxyl groups excluding tert-OH is 1. The second kappa shape index (κ2) is 6.40. The molecule has 1 rings (SSSR count). The van der Waals surface area contributed by atoms with Crippen molar-refractivity contribution in [2.45, 2.75) is 38.3 Å². The van der Waals surface area contributed by atoms with Crippen LogP contribution in [-0.2, 0) is 15.7 Å². The number of ether oxygens (including phenoxy) is 1. The molecule has 0 saturated carbocycles. The summed E-state index contributed by atoms with van der Waals surface area (Å²) in [6.45, 7) is 2.71. The van der Waals surface area contributed by atoms with Crippen LogP contribution in [0.15, 0.2) is 18.2 Å². The second-order valence-corrected chi connectivity index (χ2v) is 4.54. The van der Waals surface area contributed by atoms with E-state index in [0.717, 1.165) is 6.07 Å². The number of rotatable bonds is 5. The van der Waals surface area contributed by atoms with Crippen molar-refractivity contribution in [2.24, 2.45) is 0 Å². The third kappa shape index (κ3) is 4.40. The summed E-state index contributed by atoms with van der Waals surface area (Å²) in [5.74, 6) is -3.04. The molecule has 118 valence electrons. The number of carboxylic acids is 1. The Balaban J connectivity index is 3.18. The molecule has 0 amide bonds. The van der Waals surface area contributed by atoms with Gasteiger partial charge < -0.3 is 14.9 Å². The van der Waals surface area contributed by atoms with Crippen molar-refractivity contribution < 1.29 is 37.3 Å². The van der Waals surface area contributed by atoms with Gasteiger partial charge in [0.2, 0.25) is 0 Å². The first kappa shape index (κ1) is 17.4. The first-order valence-corrected chi connectivity index (χ1v) is 5.97. The average molecular weight is 310 g/mol. The van der Waals surface area contributed by atoms with Gasteiger partial charge in [-0.2, -0.15) is 13.2 Å². The molecule has 21 heavy (non-hydrogen) atoms. The van der Waals surface area contributed by atoms with Crippen LogP contribution in [0, 0.1) is 5.82 Å². The maximum Gasteiger partial charge on any atom is 0.419 e. The predicted molar refractivity (Wildman–Crippen MR) is 64.0 cm³/mol. The van der Waals surface area contributed by atoms with Gasteiger partial charge in [0.15, 0.2) is 6.10 Å². The van der Waals surface area contributed by atoms with E-state index in [1.54, 1.807) is 0 Å². The standard InChI is InChI=1S/C13H14F4O4/c1-6(18)7(2)21-11(12(19)20)8-3-4-10(14)9(5-8)13(15,16)17/h3-7,11,18H,1-2H3,(H,19,20). The fourth-order valence-electron chi connectivity index (χ4n) is 1.53. The van der Waals surface area contributed by atoms with Crippen LogP contribution in [0.25, 0.3) is 0 Å². The quantitative estimate of drug-likeness (QED) is 0.821. The Hall–Kier alpha value is -1.67. The van der Waals surface area contributed by atoms with E-state index in [1.165, 1.54) is 13.8 Å². The fraction of sp³-hybridized carbons (Fsp3) is 0.462. The van der Waals surface area contributed by atoms with Gasteiger partial charge in [0, 0.05) is 0 Å². The van der Waals surface area contributed by atoms with Gasteiger partial charge in [-0.25, -0.2) is 9.18 Å². The number of halogens is 4. The predicted octanol–water partition coefficient (Wildman–Crippen LogP) is 2.76. The van der Waals surface area contributed by atoms with E-state index < -0.39 is 41.8 Å². The lowest BCUT2D eigenvalue weighted by Crippen LogP contribution is -2.28. The molecule has 0 radical (unpaired) electrons. The second-order valence-electron chi connectivity index (χ2n) is 4.54. The SMILES string of the molecule is CC(O)C(C)OC(C(=O)O)c1ccc(F)c(C(F)(F)F)c1. The molecule has 3 atom stereocenters. The Kier molecular flexibility index (Phi) is 5.30. The van der Waals surface area contributed by atoms with Gasteiger partial charge in [0.1, 0.15) is 5.82 Å².